The normalized spacial score (nSPS) is 18.5. The Kier molecular flexibility index (Phi) is 5.40. The van der Waals surface area contributed by atoms with Gasteiger partial charge in [-0.3, -0.25) is 9.59 Å². The van der Waals surface area contributed by atoms with Crippen LogP contribution < -0.4 is 10.6 Å². The van der Waals surface area contributed by atoms with Crippen LogP contribution in [0.2, 0.25) is 5.02 Å². The maximum Gasteiger partial charge on any atom is 0.329 e. The molecule has 29 heavy (non-hydrogen) atoms. The molecule has 1 aromatic carbocycles. The zero-order chi connectivity index (χ0) is 20.4. The number of nitrogens with one attached hydrogen (secondary N) is 2. The van der Waals surface area contributed by atoms with Crippen molar-refractivity contribution in [3.8, 4) is 0 Å². The highest BCUT2D eigenvalue weighted by Crippen LogP contribution is 2.30. The van der Waals surface area contributed by atoms with Crippen LogP contribution in [0.5, 0.6) is 0 Å². The summed E-state index contributed by atoms with van der Waals surface area (Å²) in [6.07, 6.45) is 10.4. The molecule has 1 aliphatic carbocycles. The molecule has 8 heteroatoms. The average molecular weight is 413 g/mol. The van der Waals surface area contributed by atoms with Crippen molar-refractivity contribution in [1.82, 2.24) is 14.8 Å². The van der Waals surface area contributed by atoms with E-state index in [9.17, 15) is 14.4 Å². The molecule has 1 aliphatic heterocycles. The monoisotopic (exact) mass is 412 g/mol. The van der Waals surface area contributed by atoms with Gasteiger partial charge in [0.15, 0.2) is 0 Å². The van der Waals surface area contributed by atoms with Gasteiger partial charge in [-0.15, -0.1) is 0 Å². The van der Waals surface area contributed by atoms with Crippen molar-refractivity contribution in [3.63, 3.8) is 0 Å². The third-order valence-electron chi connectivity index (χ3n) is 5.19. The topological polar surface area (TPSA) is 83.4 Å². The zero-order valence-electron chi connectivity index (χ0n) is 15.7. The fourth-order valence-electron chi connectivity index (χ4n) is 3.70. The Morgan fingerprint density at radius 3 is 2.62 bits per heavy atom. The zero-order valence-corrected chi connectivity index (χ0v) is 16.5. The number of aromatic nitrogens is 1. The van der Waals surface area contributed by atoms with Gasteiger partial charge in [0.25, 0.3) is 5.91 Å². The van der Waals surface area contributed by atoms with E-state index in [1.54, 1.807) is 30.3 Å². The Labute approximate surface area is 173 Å². The summed E-state index contributed by atoms with van der Waals surface area (Å²) in [5.74, 6) is -0.987. The molecule has 2 aromatic rings. The lowest BCUT2D eigenvalue weighted by atomic mass is 10.2. The number of carbonyl (C=O) groups is 3. The van der Waals surface area contributed by atoms with Crippen LogP contribution in [0.4, 0.5) is 10.5 Å². The van der Waals surface area contributed by atoms with Crippen LogP contribution in [0.1, 0.15) is 37.3 Å². The fraction of sp³-hybridized carbons (Fsp3) is 0.286. The number of nitrogens with zero attached hydrogens (tertiary/aromatic N) is 2. The molecule has 0 bridgehead atoms. The third-order valence-corrected chi connectivity index (χ3v) is 5.44. The molecule has 4 rings (SSSR count). The molecule has 7 nitrogen and oxygen atoms in total. The van der Waals surface area contributed by atoms with E-state index in [0.29, 0.717) is 16.8 Å². The molecule has 2 N–H and O–H groups in total. The first-order valence-electron chi connectivity index (χ1n) is 9.57. The molecule has 1 aromatic heterocycles. The summed E-state index contributed by atoms with van der Waals surface area (Å²) in [6, 6.07) is 8.39. The van der Waals surface area contributed by atoms with Gasteiger partial charge in [-0.05, 0) is 54.8 Å². The molecule has 4 amide bonds. The van der Waals surface area contributed by atoms with E-state index in [4.69, 9.17) is 11.6 Å². The van der Waals surface area contributed by atoms with Crippen molar-refractivity contribution in [1.29, 1.82) is 0 Å². The molecular formula is C21H21ClN4O3. The van der Waals surface area contributed by atoms with E-state index in [1.165, 1.54) is 12.8 Å². The summed E-state index contributed by atoms with van der Waals surface area (Å²) in [6.45, 7) is -0.367. The van der Waals surface area contributed by atoms with E-state index >= 15 is 0 Å². The molecule has 0 radical (unpaired) electrons. The molecule has 0 atom stereocenters. The van der Waals surface area contributed by atoms with Crippen LogP contribution in [0.15, 0.2) is 48.4 Å². The van der Waals surface area contributed by atoms with E-state index in [-0.39, 0.29) is 12.2 Å². The van der Waals surface area contributed by atoms with E-state index in [1.807, 2.05) is 18.5 Å². The van der Waals surface area contributed by atoms with Gasteiger partial charge in [-0.2, -0.15) is 0 Å². The highest BCUT2D eigenvalue weighted by atomic mass is 35.5. The van der Waals surface area contributed by atoms with Crippen molar-refractivity contribution in [2.24, 2.45) is 0 Å². The Hall–Kier alpha value is -3.06. The van der Waals surface area contributed by atoms with Gasteiger partial charge in [-0.1, -0.05) is 24.4 Å². The molecule has 2 aliphatic rings. The second-order valence-electron chi connectivity index (χ2n) is 7.26. The molecule has 150 valence electrons. The Morgan fingerprint density at radius 1 is 1.17 bits per heavy atom. The number of carbonyl (C=O) groups excluding carboxylic acids is 3. The number of anilines is 1. The van der Waals surface area contributed by atoms with Gasteiger partial charge in [0.2, 0.25) is 5.91 Å². The summed E-state index contributed by atoms with van der Waals surface area (Å²) in [5, 5.41) is 5.74. The number of hydrogen-bond acceptors (Lipinski definition) is 3. The minimum absolute atomic E-state index is 0.165. The highest BCUT2D eigenvalue weighted by Gasteiger charge is 2.35. The van der Waals surface area contributed by atoms with Gasteiger partial charge in [0.05, 0.1) is 0 Å². The SMILES string of the molecule is O=C(CN1C(=O)N/C(=C/c2ccn(C3CCCC3)c2)C1=O)Nc1ccc(Cl)cc1. The number of amides is 4. The summed E-state index contributed by atoms with van der Waals surface area (Å²) < 4.78 is 2.16. The van der Waals surface area contributed by atoms with E-state index < -0.39 is 17.8 Å². The summed E-state index contributed by atoms with van der Waals surface area (Å²) >= 11 is 5.82. The Balaban J connectivity index is 1.41. The smallest absolute Gasteiger partial charge is 0.329 e. The van der Waals surface area contributed by atoms with Crippen molar-refractivity contribution in [2.75, 3.05) is 11.9 Å². The fourth-order valence-corrected chi connectivity index (χ4v) is 3.83. The first-order chi connectivity index (χ1) is 14.0. The van der Waals surface area contributed by atoms with Crippen LogP contribution in [0, 0.1) is 0 Å². The number of urea groups is 1. The minimum atomic E-state index is -0.609. The number of benzene rings is 1. The van der Waals surface area contributed by atoms with Crippen LogP contribution in [0.25, 0.3) is 6.08 Å². The van der Waals surface area contributed by atoms with Crippen LogP contribution in [0.3, 0.4) is 0 Å². The van der Waals surface area contributed by atoms with Gasteiger partial charge >= 0.3 is 6.03 Å². The lowest BCUT2D eigenvalue weighted by Crippen LogP contribution is -2.38. The summed E-state index contributed by atoms with van der Waals surface area (Å²) in [4.78, 5) is 37.9. The molecular weight excluding hydrogens is 392 g/mol. The second-order valence-corrected chi connectivity index (χ2v) is 7.70. The maximum absolute atomic E-state index is 12.6. The van der Waals surface area contributed by atoms with Gasteiger partial charge < -0.3 is 15.2 Å². The van der Waals surface area contributed by atoms with E-state index in [2.05, 4.69) is 15.2 Å². The molecule has 2 heterocycles. The molecule has 0 spiro atoms. The first-order valence-corrected chi connectivity index (χ1v) is 9.95. The lowest BCUT2D eigenvalue weighted by molar-refractivity contribution is -0.127. The maximum atomic E-state index is 12.6. The third kappa shape index (κ3) is 4.35. The first kappa shape index (κ1) is 19.3. The average Bonchev–Trinajstić information content (AvgIpc) is 3.42. The number of imide groups is 1. The predicted octanol–water partition coefficient (Wildman–Crippen LogP) is 3.79. The Bertz CT molecular complexity index is 974. The van der Waals surface area contributed by atoms with Gasteiger partial charge in [-0.25, -0.2) is 9.69 Å². The largest absolute Gasteiger partial charge is 0.351 e. The number of halogens is 1. The molecule has 0 unspecified atom stereocenters. The number of hydrogen-bond donors (Lipinski definition) is 2. The summed E-state index contributed by atoms with van der Waals surface area (Å²) in [5.41, 5.74) is 1.54. The van der Waals surface area contributed by atoms with Crippen LogP contribution in [-0.4, -0.2) is 33.9 Å². The van der Waals surface area contributed by atoms with E-state index in [0.717, 1.165) is 23.3 Å². The molecule has 2 fully saturated rings. The highest BCUT2D eigenvalue weighted by molar-refractivity contribution is 6.30. The minimum Gasteiger partial charge on any atom is -0.351 e. The second kappa shape index (κ2) is 8.13. The van der Waals surface area contributed by atoms with Crippen LogP contribution >= 0.6 is 11.6 Å². The van der Waals surface area contributed by atoms with Crippen LogP contribution in [-0.2, 0) is 9.59 Å². The molecule has 1 saturated carbocycles. The standard InChI is InChI=1S/C21H21ClN4O3/c22-15-5-7-16(8-6-15)23-19(27)13-26-20(28)18(24-21(26)29)11-14-9-10-25(12-14)17-3-1-2-4-17/h5-12,17H,1-4,13H2,(H,23,27)(H,24,29)/b18-11+. The summed E-state index contributed by atoms with van der Waals surface area (Å²) in [7, 11) is 0. The van der Waals surface area contributed by atoms with Gasteiger partial charge in [0.1, 0.15) is 12.2 Å². The van der Waals surface area contributed by atoms with Crippen molar-refractivity contribution in [3.05, 3.63) is 59.0 Å². The Morgan fingerprint density at radius 2 is 1.90 bits per heavy atom. The predicted molar refractivity (Wildman–Crippen MR) is 110 cm³/mol. The van der Waals surface area contributed by atoms with Crippen molar-refractivity contribution >= 4 is 41.2 Å². The van der Waals surface area contributed by atoms with Gasteiger partial charge in [0, 0.05) is 29.1 Å². The quantitative estimate of drug-likeness (QED) is 0.579. The van der Waals surface area contributed by atoms with Crippen molar-refractivity contribution in [2.45, 2.75) is 31.7 Å². The lowest BCUT2D eigenvalue weighted by Gasteiger charge is -2.12. The number of rotatable bonds is 5. The molecule has 1 saturated heterocycles. The van der Waals surface area contributed by atoms with Crippen molar-refractivity contribution < 1.29 is 14.4 Å².